The molecule has 8 nitrogen and oxygen atoms in total. The Morgan fingerprint density at radius 1 is 1.07 bits per heavy atom. The average Bonchev–Trinajstić information content (AvgIpc) is 3.30. The summed E-state index contributed by atoms with van der Waals surface area (Å²) in [6.07, 6.45) is 2.60. The lowest BCUT2D eigenvalue weighted by Crippen LogP contribution is -2.27. The van der Waals surface area contributed by atoms with E-state index in [9.17, 15) is 4.79 Å². The van der Waals surface area contributed by atoms with Gasteiger partial charge in [-0.1, -0.05) is 29.8 Å². The molecular formula is C31H26BrClN6O2. The number of aromatic nitrogens is 4. The summed E-state index contributed by atoms with van der Waals surface area (Å²) in [5.41, 5.74) is 5.39. The second-order valence-electron chi connectivity index (χ2n) is 9.81. The first kappa shape index (κ1) is 27.1. The smallest absolute Gasteiger partial charge is 0.222 e. The molecule has 41 heavy (non-hydrogen) atoms. The van der Waals surface area contributed by atoms with Crippen molar-refractivity contribution < 1.29 is 9.53 Å². The number of carbonyl (C=O) groups is 1. The third-order valence-electron chi connectivity index (χ3n) is 7.08. The summed E-state index contributed by atoms with van der Waals surface area (Å²) in [5, 5.41) is 13.6. The van der Waals surface area contributed by atoms with E-state index in [1.54, 1.807) is 13.3 Å². The van der Waals surface area contributed by atoms with Gasteiger partial charge in [0.05, 0.1) is 30.4 Å². The van der Waals surface area contributed by atoms with Gasteiger partial charge in [0.1, 0.15) is 17.6 Å². The van der Waals surface area contributed by atoms with Gasteiger partial charge >= 0.3 is 0 Å². The molecule has 5 aromatic rings. The highest BCUT2D eigenvalue weighted by atomic mass is 79.9. The van der Waals surface area contributed by atoms with Crippen molar-refractivity contribution in [2.45, 2.75) is 25.8 Å². The highest BCUT2D eigenvalue weighted by molar-refractivity contribution is 9.10. The number of carbonyl (C=O) groups excluding carboxylic acids is 1. The van der Waals surface area contributed by atoms with Gasteiger partial charge in [0.15, 0.2) is 5.82 Å². The van der Waals surface area contributed by atoms with Crippen LogP contribution < -0.4 is 10.1 Å². The van der Waals surface area contributed by atoms with Crippen LogP contribution in [0.25, 0.3) is 16.6 Å². The van der Waals surface area contributed by atoms with Crippen molar-refractivity contribution in [3.8, 4) is 11.4 Å². The first-order valence-corrected chi connectivity index (χ1v) is 14.3. The SMILES string of the molecule is COc1ccc2c(c1)C(c1ccc(Cl)cc1)=NC(CC(=O)NCCc1ccc3ncc(Br)cc3c1)c1nnc(C)n1-2. The standard InChI is InChI=1S/C31H26BrClN6O2/c1-18-37-38-31-27(16-29(40)34-12-11-19-3-9-26-21(13-19)14-22(32)17-35-26)36-30(20-4-6-23(33)7-5-20)25-15-24(41-2)8-10-28(25)39(18)31/h3-10,13-15,17,27H,11-12,16H2,1-2H3,(H,34,40). The molecule has 1 amide bonds. The predicted molar refractivity (Wildman–Crippen MR) is 163 cm³/mol. The fourth-order valence-electron chi connectivity index (χ4n) is 5.08. The van der Waals surface area contributed by atoms with Gasteiger partial charge in [0, 0.05) is 38.8 Å². The Labute approximate surface area is 250 Å². The maximum absolute atomic E-state index is 13.3. The number of hydrogen-bond donors (Lipinski definition) is 1. The summed E-state index contributed by atoms with van der Waals surface area (Å²) in [7, 11) is 1.63. The number of pyridine rings is 1. The molecule has 1 aliphatic heterocycles. The van der Waals surface area contributed by atoms with Crippen LogP contribution in [0, 0.1) is 6.92 Å². The maximum Gasteiger partial charge on any atom is 0.222 e. The van der Waals surface area contributed by atoms with Gasteiger partial charge in [0.25, 0.3) is 0 Å². The Morgan fingerprint density at radius 3 is 2.71 bits per heavy atom. The third kappa shape index (κ3) is 5.60. The fraction of sp³-hybridized carbons (Fsp3) is 0.194. The van der Waals surface area contributed by atoms with Gasteiger partial charge in [-0.2, -0.15) is 0 Å². The number of rotatable bonds is 7. The van der Waals surface area contributed by atoms with Crippen molar-refractivity contribution in [2.24, 2.45) is 4.99 Å². The molecule has 6 rings (SSSR count). The van der Waals surface area contributed by atoms with Crippen molar-refractivity contribution in [1.29, 1.82) is 0 Å². The number of aliphatic imine (C=N–C) groups is 1. The second-order valence-corrected chi connectivity index (χ2v) is 11.2. The van der Waals surface area contributed by atoms with Crippen LogP contribution >= 0.6 is 27.5 Å². The normalized spacial score (nSPS) is 14.1. The minimum absolute atomic E-state index is 0.116. The number of nitrogens with one attached hydrogen (secondary N) is 1. The topological polar surface area (TPSA) is 94.3 Å². The molecule has 3 aromatic carbocycles. The Kier molecular flexibility index (Phi) is 7.55. The number of aryl methyl sites for hydroxylation is 1. The van der Waals surface area contributed by atoms with E-state index >= 15 is 0 Å². The molecule has 2 aromatic heterocycles. The minimum Gasteiger partial charge on any atom is -0.497 e. The molecule has 0 spiro atoms. The van der Waals surface area contributed by atoms with Crippen molar-refractivity contribution in [3.63, 3.8) is 0 Å². The molecule has 10 heteroatoms. The zero-order chi connectivity index (χ0) is 28.5. The first-order valence-electron chi connectivity index (χ1n) is 13.1. The van der Waals surface area contributed by atoms with Crippen LogP contribution in [0.15, 0.2) is 82.4 Å². The number of ether oxygens (including phenoxy) is 1. The Hall–Kier alpha value is -4.08. The summed E-state index contributed by atoms with van der Waals surface area (Å²) in [6, 6.07) is 21.0. The van der Waals surface area contributed by atoms with Gasteiger partial charge in [-0.3, -0.25) is 19.3 Å². The summed E-state index contributed by atoms with van der Waals surface area (Å²) in [4.78, 5) is 22.8. The van der Waals surface area contributed by atoms with E-state index < -0.39 is 6.04 Å². The molecular weight excluding hydrogens is 604 g/mol. The molecule has 1 aliphatic rings. The maximum atomic E-state index is 13.3. The van der Waals surface area contributed by atoms with Gasteiger partial charge in [-0.15, -0.1) is 10.2 Å². The number of fused-ring (bicyclic) bond motifs is 4. The predicted octanol–water partition coefficient (Wildman–Crippen LogP) is 6.19. The number of amides is 1. The molecule has 1 unspecified atom stereocenters. The Bertz CT molecular complexity index is 1800. The highest BCUT2D eigenvalue weighted by Gasteiger charge is 2.30. The number of methoxy groups -OCH3 is 1. The number of hydrogen-bond acceptors (Lipinski definition) is 6. The number of halogens is 2. The minimum atomic E-state index is -0.552. The Balaban J connectivity index is 1.28. The molecule has 0 bridgehead atoms. The van der Waals surface area contributed by atoms with E-state index in [4.69, 9.17) is 21.3 Å². The van der Waals surface area contributed by atoms with E-state index in [-0.39, 0.29) is 12.3 Å². The van der Waals surface area contributed by atoms with E-state index in [2.05, 4.69) is 42.5 Å². The van der Waals surface area contributed by atoms with Crippen LogP contribution in [0.3, 0.4) is 0 Å². The first-order chi connectivity index (χ1) is 19.9. The van der Waals surface area contributed by atoms with Crippen molar-refractivity contribution in [2.75, 3.05) is 13.7 Å². The van der Waals surface area contributed by atoms with E-state index in [1.807, 2.05) is 72.2 Å². The molecule has 0 saturated carbocycles. The van der Waals surface area contributed by atoms with Gasteiger partial charge in [-0.05, 0) is 83.4 Å². The largest absolute Gasteiger partial charge is 0.497 e. The Morgan fingerprint density at radius 2 is 1.90 bits per heavy atom. The van der Waals surface area contributed by atoms with E-state index in [0.29, 0.717) is 35.4 Å². The van der Waals surface area contributed by atoms with E-state index in [1.165, 1.54) is 0 Å². The van der Waals surface area contributed by atoms with E-state index in [0.717, 1.165) is 43.5 Å². The molecule has 0 saturated heterocycles. The second kappa shape index (κ2) is 11.4. The summed E-state index contributed by atoms with van der Waals surface area (Å²) < 4.78 is 8.44. The van der Waals surface area contributed by atoms with Crippen molar-refractivity contribution in [3.05, 3.63) is 111 Å². The number of nitrogens with zero attached hydrogens (tertiary/aromatic N) is 5. The van der Waals surface area contributed by atoms with Crippen molar-refractivity contribution in [1.82, 2.24) is 25.1 Å². The van der Waals surface area contributed by atoms with Crippen LogP contribution in [-0.2, 0) is 11.2 Å². The molecule has 3 heterocycles. The lowest BCUT2D eigenvalue weighted by Gasteiger charge is -2.14. The van der Waals surface area contributed by atoms with Gasteiger partial charge in [-0.25, -0.2) is 0 Å². The fourth-order valence-corrected chi connectivity index (χ4v) is 5.56. The highest BCUT2D eigenvalue weighted by Crippen LogP contribution is 2.34. The summed E-state index contributed by atoms with van der Waals surface area (Å²) >= 11 is 9.67. The quantitative estimate of drug-likeness (QED) is 0.232. The third-order valence-corrected chi connectivity index (χ3v) is 7.76. The van der Waals surface area contributed by atoms with Crippen LogP contribution in [0.4, 0.5) is 0 Å². The zero-order valence-electron chi connectivity index (χ0n) is 22.4. The molecule has 1 atom stereocenters. The molecule has 0 fully saturated rings. The van der Waals surface area contributed by atoms with Crippen LogP contribution in [-0.4, -0.2) is 45.0 Å². The lowest BCUT2D eigenvalue weighted by atomic mass is 10.00. The monoisotopic (exact) mass is 628 g/mol. The van der Waals surface area contributed by atoms with Crippen LogP contribution in [0.1, 0.15) is 40.8 Å². The molecule has 206 valence electrons. The lowest BCUT2D eigenvalue weighted by molar-refractivity contribution is -0.121. The summed E-state index contributed by atoms with van der Waals surface area (Å²) in [6.45, 7) is 2.39. The molecule has 0 radical (unpaired) electrons. The van der Waals surface area contributed by atoms with Gasteiger partial charge in [0.2, 0.25) is 5.91 Å². The molecule has 0 aliphatic carbocycles. The van der Waals surface area contributed by atoms with Crippen LogP contribution in [0.5, 0.6) is 5.75 Å². The van der Waals surface area contributed by atoms with Crippen LogP contribution in [0.2, 0.25) is 5.02 Å². The average molecular weight is 630 g/mol. The number of benzene rings is 3. The summed E-state index contributed by atoms with van der Waals surface area (Å²) in [5.74, 6) is 1.91. The van der Waals surface area contributed by atoms with Gasteiger partial charge < -0.3 is 10.1 Å². The van der Waals surface area contributed by atoms with Crippen molar-refractivity contribution >= 4 is 50.1 Å². The zero-order valence-corrected chi connectivity index (χ0v) is 24.8. The molecule has 1 N–H and O–H groups in total.